The van der Waals surface area contributed by atoms with Crippen LogP contribution in [-0.4, -0.2) is 10.7 Å². The smallest absolute Gasteiger partial charge is 0.271 e. The Kier molecular flexibility index (Phi) is 4.38. The Labute approximate surface area is 127 Å². The average molecular weight is 304 g/mol. The van der Waals surface area contributed by atoms with Crippen molar-refractivity contribution in [2.24, 2.45) is 0 Å². The zero-order chi connectivity index (χ0) is 15.6. The molecule has 0 saturated carbocycles. The van der Waals surface area contributed by atoms with Crippen LogP contribution in [-0.2, 0) is 6.42 Å². The fraction of sp³-hybridized carbons (Fsp3) is 0.188. The first-order valence-electron chi connectivity index (χ1n) is 6.41. The predicted octanol–water partition coefficient (Wildman–Crippen LogP) is 4.29. The Bertz CT molecular complexity index is 725. The number of benzene rings is 2. The SMILES string of the molecule is Cc1ccc(C)c(CC(=O)c2cc(Cl)cc([N+](=O)[O-])c2)c1. The highest BCUT2D eigenvalue weighted by Crippen LogP contribution is 2.22. The maximum absolute atomic E-state index is 12.3. The van der Waals surface area contributed by atoms with Gasteiger partial charge < -0.3 is 0 Å². The standard InChI is InChI=1S/C16H14ClNO3/c1-10-3-4-11(2)12(5-10)8-16(19)13-6-14(17)9-15(7-13)18(20)21/h3-7,9H,8H2,1-2H3. The van der Waals surface area contributed by atoms with Gasteiger partial charge in [-0.15, -0.1) is 0 Å². The van der Waals surface area contributed by atoms with Gasteiger partial charge in [-0.05, 0) is 31.0 Å². The van der Waals surface area contributed by atoms with E-state index in [4.69, 9.17) is 11.6 Å². The number of non-ortho nitro benzene ring substituents is 1. The number of aryl methyl sites for hydroxylation is 2. The summed E-state index contributed by atoms with van der Waals surface area (Å²) in [5, 5.41) is 11.0. The first-order valence-corrected chi connectivity index (χ1v) is 6.79. The first-order chi connectivity index (χ1) is 9.86. The van der Waals surface area contributed by atoms with Gasteiger partial charge in [-0.25, -0.2) is 0 Å². The van der Waals surface area contributed by atoms with Crippen molar-refractivity contribution in [2.45, 2.75) is 20.3 Å². The second-order valence-electron chi connectivity index (χ2n) is 4.99. The third-order valence-corrected chi connectivity index (χ3v) is 3.49. The number of Topliss-reactive ketones (excluding diaryl/α,β-unsaturated/α-hetero) is 1. The largest absolute Gasteiger partial charge is 0.294 e. The molecular formula is C16H14ClNO3. The third-order valence-electron chi connectivity index (χ3n) is 3.27. The van der Waals surface area contributed by atoms with Gasteiger partial charge in [0.1, 0.15) is 0 Å². The number of nitro groups is 1. The van der Waals surface area contributed by atoms with Crippen LogP contribution in [0.4, 0.5) is 5.69 Å². The summed E-state index contributed by atoms with van der Waals surface area (Å²) in [6.07, 6.45) is 0.199. The van der Waals surface area contributed by atoms with Crippen molar-refractivity contribution < 1.29 is 9.72 Å². The summed E-state index contributed by atoms with van der Waals surface area (Å²) in [6.45, 7) is 3.89. The summed E-state index contributed by atoms with van der Waals surface area (Å²) in [6, 6.07) is 9.84. The number of hydrogen-bond donors (Lipinski definition) is 0. The second-order valence-corrected chi connectivity index (χ2v) is 5.42. The van der Waals surface area contributed by atoms with Crippen LogP contribution in [0.3, 0.4) is 0 Å². The summed E-state index contributed by atoms with van der Waals surface area (Å²) >= 11 is 5.84. The van der Waals surface area contributed by atoms with E-state index in [0.717, 1.165) is 16.7 Å². The van der Waals surface area contributed by atoms with E-state index in [-0.39, 0.29) is 28.5 Å². The molecule has 2 rings (SSSR count). The van der Waals surface area contributed by atoms with Crippen LogP contribution in [0.2, 0.25) is 5.02 Å². The molecule has 0 amide bonds. The normalized spacial score (nSPS) is 10.4. The lowest BCUT2D eigenvalue weighted by Gasteiger charge is -2.07. The second kappa shape index (κ2) is 6.06. The molecular weight excluding hydrogens is 290 g/mol. The van der Waals surface area contributed by atoms with Gasteiger partial charge in [0.2, 0.25) is 0 Å². The van der Waals surface area contributed by atoms with Gasteiger partial charge in [-0.3, -0.25) is 14.9 Å². The highest BCUT2D eigenvalue weighted by atomic mass is 35.5. The van der Waals surface area contributed by atoms with Crippen molar-refractivity contribution in [1.82, 2.24) is 0 Å². The predicted molar refractivity (Wildman–Crippen MR) is 82.1 cm³/mol. The molecule has 108 valence electrons. The molecule has 0 atom stereocenters. The Hall–Kier alpha value is -2.20. The van der Waals surface area contributed by atoms with Gasteiger partial charge >= 0.3 is 0 Å². The van der Waals surface area contributed by atoms with Crippen molar-refractivity contribution in [3.63, 3.8) is 0 Å². The lowest BCUT2D eigenvalue weighted by molar-refractivity contribution is -0.384. The molecule has 2 aromatic carbocycles. The average Bonchev–Trinajstić information content (AvgIpc) is 2.42. The van der Waals surface area contributed by atoms with E-state index in [9.17, 15) is 14.9 Å². The van der Waals surface area contributed by atoms with E-state index in [1.54, 1.807) is 0 Å². The zero-order valence-electron chi connectivity index (χ0n) is 11.7. The van der Waals surface area contributed by atoms with E-state index >= 15 is 0 Å². The molecule has 0 unspecified atom stereocenters. The minimum Gasteiger partial charge on any atom is -0.294 e. The molecule has 0 N–H and O–H groups in total. The Balaban J connectivity index is 2.32. The van der Waals surface area contributed by atoms with Crippen LogP contribution in [0, 0.1) is 24.0 Å². The number of rotatable bonds is 4. The van der Waals surface area contributed by atoms with Gasteiger partial charge in [0.05, 0.1) is 4.92 Å². The van der Waals surface area contributed by atoms with Crippen LogP contribution in [0.15, 0.2) is 36.4 Å². The van der Waals surface area contributed by atoms with Crippen molar-refractivity contribution in [3.8, 4) is 0 Å². The fourth-order valence-electron chi connectivity index (χ4n) is 2.11. The van der Waals surface area contributed by atoms with E-state index < -0.39 is 4.92 Å². The van der Waals surface area contributed by atoms with Crippen LogP contribution in [0.5, 0.6) is 0 Å². The van der Waals surface area contributed by atoms with Crippen LogP contribution in [0.1, 0.15) is 27.0 Å². The van der Waals surface area contributed by atoms with E-state index in [1.165, 1.54) is 18.2 Å². The van der Waals surface area contributed by atoms with Crippen LogP contribution >= 0.6 is 11.6 Å². The summed E-state index contributed by atoms with van der Waals surface area (Å²) in [4.78, 5) is 22.6. The molecule has 0 heterocycles. The molecule has 0 aromatic heterocycles. The van der Waals surface area contributed by atoms with E-state index in [2.05, 4.69) is 0 Å². The van der Waals surface area contributed by atoms with Crippen molar-refractivity contribution in [1.29, 1.82) is 0 Å². The lowest BCUT2D eigenvalue weighted by Crippen LogP contribution is -2.06. The molecule has 0 aliphatic carbocycles. The lowest BCUT2D eigenvalue weighted by atomic mass is 9.97. The molecule has 4 nitrogen and oxygen atoms in total. The molecule has 0 spiro atoms. The molecule has 0 saturated heterocycles. The maximum atomic E-state index is 12.3. The van der Waals surface area contributed by atoms with Crippen LogP contribution in [0.25, 0.3) is 0 Å². The van der Waals surface area contributed by atoms with Gasteiger partial charge in [0, 0.05) is 29.1 Å². The number of nitro benzene ring substituents is 1. The first kappa shape index (κ1) is 15.2. The Morgan fingerprint density at radius 3 is 2.57 bits per heavy atom. The number of nitrogens with zero attached hydrogens (tertiary/aromatic N) is 1. The van der Waals surface area contributed by atoms with Gasteiger partial charge in [-0.1, -0.05) is 35.4 Å². The van der Waals surface area contributed by atoms with E-state index in [1.807, 2.05) is 32.0 Å². The minimum atomic E-state index is -0.555. The molecule has 0 bridgehead atoms. The molecule has 0 aliphatic rings. The number of halogens is 1. The zero-order valence-corrected chi connectivity index (χ0v) is 12.5. The summed E-state index contributed by atoms with van der Waals surface area (Å²) in [5.41, 5.74) is 3.09. The van der Waals surface area contributed by atoms with E-state index in [0.29, 0.717) is 0 Å². The minimum absolute atomic E-state index is 0.174. The summed E-state index contributed by atoms with van der Waals surface area (Å²) < 4.78 is 0. The molecule has 0 fully saturated rings. The van der Waals surface area contributed by atoms with Gasteiger partial charge in [0.25, 0.3) is 5.69 Å². The molecule has 2 aromatic rings. The number of ketones is 1. The quantitative estimate of drug-likeness (QED) is 0.481. The third kappa shape index (κ3) is 3.67. The molecule has 5 heteroatoms. The molecule has 21 heavy (non-hydrogen) atoms. The monoisotopic (exact) mass is 303 g/mol. The summed E-state index contributed by atoms with van der Waals surface area (Å²) in [7, 11) is 0. The van der Waals surface area contributed by atoms with Gasteiger partial charge in [0.15, 0.2) is 5.78 Å². The number of carbonyl (C=O) groups excluding carboxylic acids is 1. The number of carbonyl (C=O) groups is 1. The van der Waals surface area contributed by atoms with Crippen molar-refractivity contribution in [2.75, 3.05) is 0 Å². The summed E-state index contributed by atoms with van der Waals surface area (Å²) in [5.74, 6) is -0.186. The molecule has 0 aliphatic heterocycles. The van der Waals surface area contributed by atoms with Crippen molar-refractivity contribution in [3.05, 3.63) is 73.8 Å². The van der Waals surface area contributed by atoms with Crippen molar-refractivity contribution >= 4 is 23.1 Å². The maximum Gasteiger partial charge on any atom is 0.271 e. The topological polar surface area (TPSA) is 60.2 Å². The highest BCUT2D eigenvalue weighted by Gasteiger charge is 2.15. The van der Waals surface area contributed by atoms with Gasteiger partial charge in [-0.2, -0.15) is 0 Å². The highest BCUT2D eigenvalue weighted by molar-refractivity contribution is 6.31. The Morgan fingerprint density at radius 1 is 1.19 bits per heavy atom. The number of hydrogen-bond acceptors (Lipinski definition) is 3. The fourth-order valence-corrected chi connectivity index (χ4v) is 2.34. The Morgan fingerprint density at radius 2 is 1.90 bits per heavy atom. The van der Waals surface area contributed by atoms with Crippen LogP contribution < -0.4 is 0 Å². The molecule has 0 radical (unpaired) electrons.